The first-order valence-corrected chi connectivity index (χ1v) is 10.8. The Balaban J connectivity index is 1.49. The van der Waals surface area contributed by atoms with Gasteiger partial charge in [0.15, 0.2) is 5.16 Å². The Morgan fingerprint density at radius 3 is 3.04 bits per heavy atom. The first kappa shape index (κ1) is 18.5. The van der Waals surface area contributed by atoms with E-state index in [2.05, 4.69) is 21.6 Å². The third kappa shape index (κ3) is 3.77. The summed E-state index contributed by atoms with van der Waals surface area (Å²) in [6, 6.07) is 7.95. The van der Waals surface area contributed by atoms with Crippen LogP contribution in [0.25, 0.3) is 5.69 Å². The quantitative estimate of drug-likeness (QED) is 0.591. The summed E-state index contributed by atoms with van der Waals surface area (Å²) in [7, 11) is 0. The molecule has 1 aliphatic rings. The standard InChI is InChI=1S/C19H19ClN4OS2/c1-12-3-4-15(9-16(12)20)24-11-21-22-19(24)27-13(2)18(25)23-7-5-17-14(10-23)6-8-26-17/h3-4,6,8-9,11,13H,5,7,10H2,1-2H3. The summed E-state index contributed by atoms with van der Waals surface area (Å²) in [5.74, 6) is 0.133. The van der Waals surface area contributed by atoms with E-state index in [0.717, 1.165) is 24.2 Å². The smallest absolute Gasteiger partial charge is 0.236 e. The van der Waals surface area contributed by atoms with Crippen molar-refractivity contribution < 1.29 is 4.79 Å². The zero-order chi connectivity index (χ0) is 19.0. The molecule has 0 saturated heterocycles. The Morgan fingerprint density at radius 1 is 1.37 bits per heavy atom. The average Bonchev–Trinajstić information content (AvgIpc) is 3.31. The molecule has 1 atom stereocenters. The van der Waals surface area contributed by atoms with E-state index in [1.807, 2.05) is 41.5 Å². The SMILES string of the molecule is Cc1ccc(-n2cnnc2SC(C)C(=O)N2CCc3sccc3C2)cc1Cl. The monoisotopic (exact) mass is 418 g/mol. The Hall–Kier alpha value is -1.83. The van der Waals surface area contributed by atoms with Crippen molar-refractivity contribution in [3.05, 3.63) is 57.0 Å². The number of aromatic nitrogens is 3. The van der Waals surface area contributed by atoms with Crippen molar-refractivity contribution in [3.8, 4) is 5.69 Å². The van der Waals surface area contributed by atoms with Crippen LogP contribution in [0.2, 0.25) is 5.02 Å². The summed E-state index contributed by atoms with van der Waals surface area (Å²) >= 11 is 9.45. The second-order valence-corrected chi connectivity index (χ2v) is 9.27. The Morgan fingerprint density at radius 2 is 2.22 bits per heavy atom. The van der Waals surface area contributed by atoms with Crippen LogP contribution in [-0.4, -0.2) is 37.4 Å². The van der Waals surface area contributed by atoms with Gasteiger partial charge in [-0.15, -0.1) is 21.5 Å². The predicted molar refractivity (Wildman–Crippen MR) is 110 cm³/mol. The average molecular weight is 419 g/mol. The highest BCUT2D eigenvalue weighted by Gasteiger charge is 2.27. The minimum absolute atomic E-state index is 0.133. The zero-order valence-corrected chi connectivity index (χ0v) is 17.4. The van der Waals surface area contributed by atoms with Gasteiger partial charge in [-0.3, -0.25) is 9.36 Å². The zero-order valence-electron chi connectivity index (χ0n) is 15.1. The molecule has 4 rings (SSSR count). The molecule has 1 aliphatic heterocycles. The van der Waals surface area contributed by atoms with E-state index in [-0.39, 0.29) is 11.2 Å². The highest BCUT2D eigenvalue weighted by molar-refractivity contribution is 8.00. The number of benzene rings is 1. The molecule has 1 amide bonds. The molecule has 0 saturated carbocycles. The lowest BCUT2D eigenvalue weighted by molar-refractivity contribution is -0.131. The van der Waals surface area contributed by atoms with Crippen molar-refractivity contribution in [2.45, 2.75) is 37.2 Å². The predicted octanol–water partition coefficient (Wildman–Crippen LogP) is 4.36. The van der Waals surface area contributed by atoms with Crippen LogP contribution >= 0.6 is 34.7 Å². The van der Waals surface area contributed by atoms with Crippen LogP contribution in [-0.2, 0) is 17.8 Å². The van der Waals surface area contributed by atoms with E-state index in [0.29, 0.717) is 16.7 Å². The molecule has 27 heavy (non-hydrogen) atoms. The maximum Gasteiger partial charge on any atom is 0.236 e. The lowest BCUT2D eigenvalue weighted by atomic mass is 10.1. The molecule has 0 aliphatic carbocycles. The first-order valence-electron chi connectivity index (χ1n) is 8.70. The number of amides is 1. The number of thiophene rings is 1. The molecule has 0 radical (unpaired) electrons. The molecule has 8 heteroatoms. The van der Waals surface area contributed by atoms with Crippen molar-refractivity contribution in [2.75, 3.05) is 6.54 Å². The first-order chi connectivity index (χ1) is 13.0. The molecule has 1 unspecified atom stereocenters. The second kappa shape index (κ2) is 7.66. The molecule has 140 valence electrons. The number of thioether (sulfide) groups is 1. The normalized spacial score (nSPS) is 14.9. The molecule has 2 aromatic heterocycles. The van der Waals surface area contributed by atoms with Crippen molar-refractivity contribution in [3.63, 3.8) is 0 Å². The van der Waals surface area contributed by atoms with E-state index < -0.39 is 0 Å². The Bertz CT molecular complexity index is 984. The number of carbonyl (C=O) groups is 1. The molecule has 0 N–H and O–H groups in total. The van der Waals surface area contributed by atoms with E-state index in [4.69, 9.17) is 11.6 Å². The van der Waals surface area contributed by atoms with Gasteiger partial charge in [0.2, 0.25) is 5.91 Å². The molecule has 1 aromatic carbocycles. The Kier molecular flexibility index (Phi) is 5.25. The lowest BCUT2D eigenvalue weighted by Gasteiger charge is -2.29. The molecule has 0 bridgehead atoms. The molecule has 3 aromatic rings. The minimum Gasteiger partial charge on any atom is -0.337 e. The lowest BCUT2D eigenvalue weighted by Crippen LogP contribution is -2.39. The fraction of sp³-hybridized carbons (Fsp3) is 0.316. The van der Waals surface area contributed by atoms with Gasteiger partial charge in [0.25, 0.3) is 0 Å². The Labute approximate surface area is 171 Å². The summed E-state index contributed by atoms with van der Waals surface area (Å²) in [6.07, 6.45) is 2.59. The maximum atomic E-state index is 12.9. The van der Waals surface area contributed by atoms with Gasteiger partial charge in [-0.1, -0.05) is 29.4 Å². The number of rotatable bonds is 4. The summed E-state index contributed by atoms with van der Waals surface area (Å²) in [4.78, 5) is 16.3. The summed E-state index contributed by atoms with van der Waals surface area (Å²) in [5.41, 5.74) is 3.18. The second-order valence-electron chi connectivity index (χ2n) is 6.56. The van der Waals surface area contributed by atoms with E-state index in [1.165, 1.54) is 22.2 Å². The number of hydrogen-bond donors (Lipinski definition) is 0. The third-order valence-electron chi connectivity index (χ3n) is 4.70. The van der Waals surface area contributed by atoms with Gasteiger partial charge >= 0.3 is 0 Å². The third-order valence-corrected chi connectivity index (χ3v) is 7.17. The fourth-order valence-corrected chi connectivity index (χ4v) is 5.11. The van der Waals surface area contributed by atoms with Gasteiger partial charge < -0.3 is 4.90 Å². The van der Waals surface area contributed by atoms with Gasteiger partial charge in [0, 0.05) is 23.0 Å². The number of aryl methyl sites for hydroxylation is 1. The number of fused-ring (bicyclic) bond motifs is 1. The van der Waals surface area contributed by atoms with Crippen molar-refractivity contribution in [1.82, 2.24) is 19.7 Å². The van der Waals surface area contributed by atoms with Crippen molar-refractivity contribution >= 4 is 40.6 Å². The largest absolute Gasteiger partial charge is 0.337 e. The molecule has 5 nitrogen and oxygen atoms in total. The summed E-state index contributed by atoms with van der Waals surface area (Å²) in [5, 5.41) is 11.5. The highest BCUT2D eigenvalue weighted by Crippen LogP contribution is 2.29. The molecular formula is C19H19ClN4OS2. The topological polar surface area (TPSA) is 51.0 Å². The fourth-order valence-electron chi connectivity index (χ4n) is 3.12. The summed E-state index contributed by atoms with van der Waals surface area (Å²) < 4.78 is 1.87. The number of nitrogens with zero attached hydrogens (tertiary/aromatic N) is 4. The van der Waals surface area contributed by atoms with E-state index in [9.17, 15) is 4.79 Å². The van der Waals surface area contributed by atoms with Crippen LogP contribution in [0, 0.1) is 6.92 Å². The van der Waals surface area contributed by atoms with Crippen LogP contribution in [0.3, 0.4) is 0 Å². The summed E-state index contributed by atoms with van der Waals surface area (Å²) in [6.45, 7) is 5.36. The van der Waals surface area contributed by atoms with Gasteiger partial charge in [0.05, 0.1) is 10.9 Å². The van der Waals surface area contributed by atoms with Crippen molar-refractivity contribution in [2.24, 2.45) is 0 Å². The number of halogens is 1. The van der Waals surface area contributed by atoms with Crippen LogP contribution in [0.4, 0.5) is 0 Å². The van der Waals surface area contributed by atoms with Gasteiger partial charge in [-0.25, -0.2) is 0 Å². The van der Waals surface area contributed by atoms with Gasteiger partial charge in [-0.2, -0.15) is 0 Å². The van der Waals surface area contributed by atoms with E-state index >= 15 is 0 Å². The van der Waals surface area contributed by atoms with Gasteiger partial charge in [0.1, 0.15) is 6.33 Å². The molecule has 0 fully saturated rings. The van der Waals surface area contributed by atoms with Crippen molar-refractivity contribution in [1.29, 1.82) is 0 Å². The van der Waals surface area contributed by atoms with E-state index in [1.54, 1.807) is 17.7 Å². The number of carbonyl (C=O) groups excluding carboxylic acids is 1. The number of hydrogen-bond acceptors (Lipinski definition) is 5. The minimum atomic E-state index is -0.242. The van der Waals surface area contributed by atoms with Crippen LogP contribution in [0.1, 0.15) is 22.9 Å². The van der Waals surface area contributed by atoms with Gasteiger partial charge in [-0.05, 0) is 55.0 Å². The molecule has 3 heterocycles. The van der Waals surface area contributed by atoms with Crippen LogP contribution < -0.4 is 0 Å². The molecule has 0 spiro atoms. The van der Waals surface area contributed by atoms with Crippen LogP contribution in [0.15, 0.2) is 41.1 Å². The van der Waals surface area contributed by atoms with Crippen LogP contribution in [0.5, 0.6) is 0 Å². The molecular weight excluding hydrogens is 400 g/mol. The highest BCUT2D eigenvalue weighted by atomic mass is 35.5. The maximum absolute atomic E-state index is 12.9.